The van der Waals surface area contributed by atoms with Crippen LogP contribution < -0.4 is 5.32 Å². The normalized spacial score (nSPS) is 31.9. The van der Waals surface area contributed by atoms with Crippen LogP contribution in [0, 0.1) is 12.3 Å². The standard InChI is InChI=1S/C17H21NO3/c1-3-21-13-8-17(9-13)10-14(19)18-16(20)15(17)12-6-4-5-11(2)7-12/h4-7,13,15H,3,8-10H2,1-2H3,(H,18,19,20). The van der Waals surface area contributed by atoms with Crippen molar-refractivity contribution >= 4 is 11.8 Å². The molecule has 4 nitrogen and oxygen atoms in total. The van der Waals surface area contributed by atoms with E-state index in [1.54, 1.807) is 0 Å². The zero-order valence-corrected chi connectivity index (χ0v) is 12.5. The zero-order valence-electron chi connectivity index (χ0n) is 12.5. The van der Waals surface area contributed by atoms with Crippen LogP contribution in [0.2, 0.25) is 0 Å². The second kappa shape index (κ2) is 5.26. The molecule has 2 aliphatic rings. The van der Waals surface area contributed by atoms with Gasteiger partial charge in [-0.1, -0.05) is 29.8 Å². The summed E-state index contributed by atoms with van der Waals surface area (Å²) in [5, 5.41) is 2.50. The lowest BCUT2D eigenvalue weighted by molar-refractivity contribution is -0.153. The molecule has 4 heteroatoms. The van der Waals surface area contributed by atoms with E-state index in [2.05, 4.69) is 11.4 Å². The van der Waals surface area contributed by atoms with Crippen molar-refractivity contribution in [2.45, 2.75) is 45.1 Å². The Kier molecular flexibility index (Phi) is 3.57. The summed E-state index contributed by atoms with van der Waals surface area (Å²) in [6, 6.07) is 8.03. The largest absolute Gasteiger partial charge is 0.378 e. The van der Waals surface area contributed by atoms with Gasteiger partial charge >= 0.3 is 0 Å². The quantitative estimate of drug-likeness (QED) is 0.868. The maximum Gasteiger partial charge on any atom is 0.234 e. The molecule has 2 amide bonds. The molecular formula is C17H21NO3. The summed E-state index contributed by atoms with van der Waals surface area (Å²) in [5.74, 6) is -0.558. The van der Waals surface area contributed by atoms with Gasteiger partial charge in [0.1, 0.15) is 0 Å². The van der Waals surface area contributed by atoms with E-state index in [9.17, 15) is 9.59 Å². The van der Waals surface area contributed by atoms with Crippen LogP contribution in [0.1, 0.15) is 43.2 Å². The van der Waals surface area contributed by atoms with Crippen LogP contribution in [0.25, 0.3) is 0 Å². The average molecular weight is 287 g/mol. The van der Waals surface area contributed by atoms with E-state index in [4.69, 9.17) is 4.74 Å². The van der Waals surface area contributed by atoms with E-state index in [-0.39, 0.29) is 29.3 Å². The van der Waals surface area contributed by atoms with Gasteiger partial charge < -0.3 is 4.74 Å². The first-order chi connectivity index (χ1) is 10.0. The fraction of sp³-hybridized carbons (Fsp3) is 0.529. The fourth-order valence-electron chi connectivity index (χ4n) is 3.89. The lowest BCUT2D eigenvalue weighted by Crippen LogP contribution is -2.57. The summed E-state index contributed by atoms with van der Waals surface area (Å²) in [7, 11) is 0. The van der Waals surface area contributed by atoms with Gasteiger partial charge in [0.2, 0.25) is 11.8 Å². The molecule has 1 aromatic carbocycles. The number of benzene rings is 1. The number of nitrogens with one attached hydrogen (secondary N) is 1. The Labute approximate surface area is 124 Å². The Morgan fingerprint density at radius 3 is 2.76 bits per heavy atom. The van der Waals surface area contributed by atoms with Crippen LogP contribution >= 0.6 is 0 Å². The number of amides is 2. The van der Waals surface area contributed by atoms with Gasteiger partial charge in [0.05, 0.1) is 12.0 Å². The number of carbonyl (C=O) groups excluding carboxylic acids is 2. The molecule has 3 rings (SSSR count). The highest BCUT2D eigenvalue weighted by Gasteiger charge is 2.56. The number of hydrogen-bond donors (Lipinski definition) is 1. The molecule has 1 atom stereocenters. The number of aryl methyl sites for hydroxylation is 1. The maximum absolute atomic E-state index is 12.4. The minimum Gasteiger partial charge on any atom is -0.378 e. The molecule has 2 fully saturated rings. The number of imide groups is 1. The Morgan fingerprint density at radius 1 is 1.33 bits per heavy atom. The second-order valence-electron chi connectivity index (χ2n) is 6.28. The first-order valence-electron chi connectivity index (χ1n) is 7.56. The Hall–Kier alpha value is -1.68. The van der Waals surface area contributed by atoms with E-state index in [1.807, 2.05) is 32.0 Å². The lowest BCUT2D eigenvalue weighted by Gasteiger charge is -2.53. The fourth-order valence-corrected chi connectivity index (χ4v) is 3.89. The topological polar surface area (TPSA) is 55.4 Å². The smallest absolute Gasteiger partial charge is 0.234 e. The van der Waals surface area contributed by atoms with Crippen molar-refractivity contribution in [3.05, 3.63) is 35.4 Å². The zero-order chi connectivity index (χ0) is 15.0. The van der Waals surface area contributed by atoms with Crippen LogP contribution in [0.3, 0.4) is 0 Å². The lowest BCUT2D eigenvalue weighted by atomic mass is 9.54. The van der Waals surface area contributed by atoms with Gasteiger partial charge in [0.25, 0.3) is 0 Å². The minimum atomic E-state index is -0.257. The van der Waals surface area contributed by atoms with Gasteiger partial charge in [-0.2, -0.15) is 0 Å². The van der Waals surface area contributed by atoms with Crippen molar-refractivity contribution in [1.82, 2.24) is 5.32 Å². The van der Waals surface area contributed by atoms with Crippen molar-refractivity contribution in [3.63, 3.8) is 0 Å². The second-order valence-corrected chi connectivity index (χ2v) is 6.28. The third-order valence-electron chi connectivity index (χ3n) is 4.70. The number of carbonyl (C=O) groups is 2. The highest BCUT2D eigenvalue weighted by atomic mass is 16.5. The highest BCUT2D eigenvalue weighted by Crippen LogP contribution is 2.56. The summed E-state index contributed by atoms with van der Waals surface area (Å²) in [4.78, 5) is 24.2. The molecule has 1 aliphatic carbocycles. The molecule has 1 spiro atoms. The first-order valence-corrected chi connectivity index (χ1v) is 7.56. The van der Waals surface area contributed by atoms with Crippen molar-refractivity contribution in [2.75, 3.05) is 6.61 Å². The SMILES string of the molecule is CCOC1CC2(CC(=O)NC(=O)C2c2cccc(C)c2)C1. The van der Waals surface area contributed by atoms with Gasteiger partial charge in [-0.15, -0.1) is 0 Å². The highest BCUT2D eigenvalue weighted by molar-refractivity contribution is 6.02. The molecular weight excluding hydrogens is 266 g/mol. The van der Waals surface area contributed by atoms with Crippen LogP contribution in [0.4, 0.5) is 0 Å². The monoisotopic (exact) mass is 287 g/mol. The third-order valence-corrected chi connectivity index (χ3v) is 4.70. The summed E-state index contributed by atoms with van der Waals surface area (Å²) in [6.07, 6.45) is 2.18. The van der Waals surface area contributed by atoms with Crippen molar-refractivity contribution in [2.24, 2.45) is 5.41 Å². The molecule has 0 aromatic heterocycles. The number of ether oxygens (including phenoxy) is 1. The molecule has 21 heavy (non-hydrogen) atoms. The number of rotatable bonds is 3. The minimum absolute atomic E-state index is 0.154. The molecule has 1 unspecified atom stereocenters. The predicted molar refractivity (Wildman–Crippen MR) is 78.8 cm³/mol. The van der Waals surface area contributed by atoms with Gasteiger partial charge in [0, 0.05) is 13.0 Å². The van der Waals surface area contributed by atoms with Gasteiger partial charge in [-0.25, -0.2) is 0 Å². The van der Waals surface area contributed by atoms with E-state index in [0.29, 0.717) is 13.0 Å². The molecule has 1 aliphatic heterocycles. The number of hydrogen-bond acceptors (Lipinski definition) is 3. The summed E-state index contributed by atoms with van der Waals surface area (Å²) >= 11 is 0. The van der Waals surface area contributed by atoms with E-state index < -0.39 is 0 Å². The van der Waals surface area contributed by atoms with E-state index >= 15 is 0 Å². The first kappa shape index (κ1) is 14.3. The molecule has 1 saturated heterocycles. The molecule has 1 heterocycles. The van der Waals surface area contributed by atoms with Gasteiger partial charge in [-0.3, -0.25) is 14.9 Å². The molecule has 112 valence electrons. The van der Waals surface area contributed by atoms with E-state index in [1.165, 1.54) is 0 Å². The van der Waals surface area contributed by atoms with Crippen LogP contribution in [-0.2, 0) is 14.3 Å². The van der Waals surface area contributed by atoms with E-state index in [0.717, 1.165) is 24.0 Å². The van der Waals surface area contributed by atoms with Crippen molar-refractivity contribution in [3.8, 4) is 0 Å². The van der Waals surface area contributed by atoms with Gasteiger partial charge in [-0.05, 0) is 37.7 Å². The maximum atomic E-state index is 12.4. The van der Waals surface area contributed by atoms with Gasteiger partial charge in [0.15, 0.2) is 0 Å². The summed E-state index contributed by atoms with van der Waals surface area (Å²) < 4.78 is 5.64. The summed E-state index contributed by atoms with van der Waals surface area (Å²) in [5.41, 5.74) is 1.88. The molecule has 1 N–H and O–H groups in total. The average Bonchev–Trinajstić information content (AvgIpc) is 2.36. The Bertz CT molecular complexity index is 575. The van der Waals surface area contributed by atoms with Crippen LogP contribution in [-0.4, -0.2) is 24.5 Å². The number of piperidine rings is 1. The van der Waals surface area contributed by atoms with Crippen molar-refractivity contribution < 1.29 is 14.3 Å². The third kappa shape index (κ3) is 2.48. The van der Waals surface area contributed by atoms with Crippen molar-refractivity contribution in [1.29, 1.82) is 0 Å². The Morgan fingerprint density at radius 2 is 2.10 bits per heavy atom. The predicted octanol–water partition coefficient (Wildman–Crippen LogP) is 2.31. The molecule has 1 saturated carbocycles. The Balaban J connectivity index is 1.91. The van der Waals surface area contributed by atoms with Crippen LogP contribution in [0.15, 0.2) is 24.3 Å². The van der Waals surface area contributed by atoms with Crippen LogP contribution in [0.5, 0.6) is 0 Å². The molecule has 0 bridgehead atoms. The molecule has 1 aromatic rings. The molecule has 0 radical (unpaired) electrons. The summed E-state index contributed by atoms with van der Waals surface area (Å²) in [6.45, 7) is 4.67.